The first-order chi connectivity index (χ1) is 8.83. The van der Waals surface area contributed by atoms with Gasteiger partial charge in [-0.15, -0.1) is 0 Å². The van der Waals surface area contributed by atoms with Crippen molar-refractivity contribution in [3.63, 3.8) is 0 Å². The van der Waals surface area contributed by atoms with Crippen LogP contribution in [0.25, 0.3) is 10.8 Å². The van der Waals surface area contributed by atoms with Gasteiger partial charge in [0.05, 0.1) is 0 Å². The van der Waals surface area contributed by atoms with Crippen LogP contribution in [0.4, 0.5) is 0 Å². The zero-order valence-electron chi connectivity index (χ0n) is 11.0. The summed E-state index contributed by atoms with van der Waals surface area (Å²) in [5, 5.41) is 2.23. The van der Waals surface area contributed by atoms with Crippen molar-refractivity contribution in [1.29, 1.82) is 0 Å². The molecule has 0 amide bonds. The fourth-order valence-corrected chi connectivity index (χ4v) is 2.32. The van der Waals surface area contributed by atoms with Gasteiger partial charge in [-0.05, 0) is 17.2 Å². The van der Waals surface area contributed by atoms with E-state index in [4.69, 9.17) is 0 Å². The first kappa shape index (κ1) is 12.9. The molecule has 2 aromatic rings. The van der Waals surface area contributed by atoms with Crippen LogP contribution in [0.5, 0.6) is 0 Å². The molecule has 1 nitrogen and oxygen atoms in total. The molecular weight excluding hydrogens is 219 g/mol. The molecule has 0 aliphatic carbocycles. The lowest BCUT2D eigenvalue weighted by atomic mass is 9.96. The third-order valence-corrected chi connectivity index (χ3v) is 3.35. The standard InChI is InChI=1S/C16H19BO/c17-12-5-1-2-11-16(18)15-10-6-8-13-7-3-4-9-14(13)15/h3-4,6-10H,1-2,5,11-12,17H2. The van der Waals surface area contributed by atoms with E-state index in [-0.39, 0.29) is 5.78 Å². The Morgan fingerprint density at radius 2 is 1.72 bits per heavy atom. The van der Waals surface area contributed by atoms with Crippen molar-refractivity contribution in [3.05, 3.63) is 48.0 Å². The van der Waals surface area contributed by atoms with Gasteiger partial charge in [-0.1, -0.05) is 61.6 Å². The summed E-state index contributed by atoms with van der Waals surface area (Å²) >= 11 is 0. The lowest BCUT2D eigenvalue weighted by Gasteiger charge is -2.05. The summed E-state index contributed by atoms with van der Waals surface area (Å²) in [6.45, 7) is 0. The minimum absolute atomic E-state index is 0.280. The van der Waals surface area contributed by atoms with E-state index in [1.54, 1.807) is 0 Å². The van der Waals surface area contributed by atoms with Gasteiger partial charge < -0.3 is 0 Å². The number of carbonyl (C=O) groups excluding carboxylic acids is 1. The number of ketones is 1. The van der Waals surface area contributed by atoms with Crippen molar-refractivity contribution < 1.29 is 4.79 Å². The number of unbranched alkanes of at least 4 members (excludes halogenated alkanes) is 2. The Labute approximate surface area is 110 Å². The van der Waals surface area contributed by atoms with E-state index in [1.807, 2.05) is 30.3 Å². The molecule has 0 aliphatic rings. The lowest BCUT2D eigenvalue weighted by Crippen LogP contribution is -1.99. The van der Waals surface area contributed by atoms with Crippen molar-refractivity contribution >= 4 is 24.4 Å². The zero-order chi connectivity index (χ0) is 12.8. The predicted molar refractivity (Wildman–Crippen MR) is 80.1 cm³/mol. The third kappa shape index (κ3) is 3.01. The van der Waals surface area contributed by atoms with Crippen molar-refractivity contribution in [1.82, 2.24) is 0 Å². The summed E-state index contributed by atoms with van der Waals surface area (Å²) < 4.78 is 0. The minimum atomic E-state index is 0.280. The van der Waals surface area contributed by atoms with Crippen LogP contribution in [0.3, 0.4) is 0 Å². The van der Waals surface area contributed by atoms with Crippen LogP contribution in [-0.2, 0) is 0 Å². The fourth-order valence-electron chi connectivity index (χ4n) is 2.32. The number of rotatable bonds is 6. The van der Waals surface area contributed by atoms with E-state index >= 15 is 0 Å². The first-order valence-electron chi connectivity index (χ1n) is 6.84. The summed E-state index contributed by atoms with van der Waals surface area (Å²) in [6, 6.07) is 14.1. The molecule has 0 atom stereocenters. The lowest BCUT2D eigenvalue weighted by molar-refractivity contribution is 0.0981. The molecule has 0 saturated heterocycles. The fraction of sp³-hybridized carbons (Fsp3) is 0.312. The molecule has 2 heteroatoms. The number of fused-ring (bicyclic) bond motifs is 1. The van der Waals surface area contributed by atoms with E-state index in [1.165, 1.54) is 12.7 Å². The van der Waals surface area contributed by atoms with E-state index in [9.17, 15) is 4.79 Å². The Morgan fingerprint density at radius 1 is 0.944 bits per heavy atom. The van der Waals surface area contributed by atoms with Gasteiger partial charge in [-0.25, -0.2) is 0 Å². The molecular formula is C16H19BO. The van der Waals surface area contributed by atoms with Gasteiger partial charge in [0.15, 0.2) is 5.78 Å². The first-order valence-corrected chi connectivity index (χ1v) is 6.84. The molecule has 0 bridgehead atoms. The van der Waals surface area contributed by atoms with Gasteiger partial charge in [0.25, 0.3) is 0 Å². The van der Waals surface area contributed by atoms with Gasteiger partial charge in [0, 0.05) is 12.0 Å². The van der Waals surface area contributed by atoms with Crippen LogP contribution in [0.15, 0.2) is 42.5 Å². The molecule has 2 aromatic carbocycles. The Bertz CT molecular complexity index is 528. The number of carbonyl (C=O) groups is 1. The summed E-state index contributed by atoms with van der Waals surface area (Å²) in [7, 11) is 2.19. The van der Waals surface area contributed by atoms with Gasteiger partial charge in [-0.2, -0.15) is 0 Å². The molecule has 0 spiro atoms. The summed E-state index contributed by atoms with van der Waals surface area (Å²) in [5.41, 5.74) is 0.879. The van der Waals surface area contributed by atoms with Crippen LogP contribution >= 0.6 is 0 Å². The summed E-state index contributed by atoms with van der Waals surface area (Å²) in [5.74, 6) is 0.280. The number of Topliss-reactive ketones (excluding diaryl/α,β-unsaturated/α-hetero) is 1. The molecule has 2 rings (SSSR count). The van der Waals surface area contributed by atoms with Crippen LogP contribution in [-0.4, -0.2) is 13.6 Å². The van der Waals surface area contributed by atoms with Crippen molar-refractivity contribution in [2.45, 2.75) is 32.0 Å². The molecule has 0 unspecified atom stereocenters. The van der Waals surface area contributed by atoms with Crippen LogP contribution in [0.1, 0.15) is 36.0 Å². The molecule has 18 heavy (non-hydrogen) atoms. The Balaban J connectivity index is 2.13. The molecule has 0 fully saturated rings. The second-order valence-electron chi connectivity index (χ2n) is 4.76. The predicted octanol–water partition coefficient (Wildman–Crippen LogP) is 3.63. The van der Waals surface area contributed by atoms with Gasteiger partial charge in [0.2, 0.25) is 0 Å². The SMILES string of the molecule is BCCCCCC(=O)c1cccc2ccccc12. The highest BCUT2D eigenvalue weighted by Gasteiger charge is 2.08. The Hall–Kier alpha value is -1.57. The highest BCUT2D eigenvalue weighted by atomic mass is 16.1. The maximum Gasteiger partial charge on any atom is 0.163 e. The van der Waals surface area contributed by atoms with E-state index < -0.39 is 0 Å². The highest BCUT2D eigenvalue weighted by molar-refractivity contribution is 6.08. The number of hydrogen-bond acceptors (Lipinski definition) is 1. The molecule has 0 aliphatic heterocycles. The molecule has 0 aromatic heterocycles. The van der Waals surface area contributed by atoms with E-state index in [2.05, 4.69) is 20.0 Å². The normalized spacial score (nSPS) is 10.7. The third-order valence-electron chi connectivity index (χ3n) is 3.35. The van der Waals surface area contributed by atoms with Crippen molar-refractivity contribution in [2.75, 3.05) is 0 Å². The van der Waals surface area contributed by atoms with Crippen LogP contribution in [0.2, 0.25) is 6.32 Å². The Kier molecular flexibility index (Phi) is 4.57. The second kappa shape index (κ2) is 6.39. The van der Waals surface area contributed by atoms with Crippen LogP contribution in [0, 0.1) is 0 Å². The maximum absolute atomic E-state index is 12.2. The summed E-state index contributed by atoms with van der Waals surface area (Å²) in [6.07, 6.45) is 5.28. The van der Waals surface area contributed by atoms with E-state index in [0.717, 1.165) is 29.2 Å². The maximum atomic E-state index is 12.2. The highest BCUT2D eigenvalue weighted by Crippen LogP contribution is 2.20. The largest absolute Gasteiger partial charge is 0.294 e. The van der Waals surface area contributed by atoms with E-state index in [0.29, 0.717) is 6.42 Å². The van der Waals surface area contributed by atoms with Crippen molar-refractivity contribution in [2.24, 2.45) is 0 Å². The zero-order valence-corrected chi connectivity index (χ0v) is 11.0. The van der Waals surface area contributed by atoms with Gasteiger partial charge in [0.1, 0.15) is 7.85 Å². The molecule has 0 saturated carbocycles. The molecule has 92 valence electrons. The average Bonchev–Trinajstić information content (AvgIpc) is 2.43. The average molecular weight is 238 g/mol. The quantitative estimate of drug-likeness (QED) is 0.426. The molecule has 0 heterocycles. The monoisotopic (exact) mass is 238 g/mol. The minimum Gasteiger partial charge on any atom is -0.294 e. The number of benzene rings is 2. The van der Waals surface area contributed by atoms with Gasteiger partial charge >= 0.3 is 0 Å². The van der Waals surface area contributed by atoms with Crippen molar-refractivity contribution in [3.8, 4) is 0 Å². The number of hydrogen-bond donors (Lipinski definition) is 0. The Morgan fingerprint density at radius 3 is 2.56 bits per heavy atom. The molecule has 0 radical (unpaired) electrons. The summed E-state index contributed by atoms with van der Waals surface area (Å²) in [4.78, 5) is 12.2. The second-order valence-corrected chi connectivity index (χ2v) is 4.76. The van der Waals surface area contributed by atoms with Crippen LogP contribution < -0.4 is 0 Å². The van der Waals surface area contributed by atoms with Gasteiger partial charge in [-0.3, -0.25) is 4.79 Å². The smallest absolute Gasteiger partial charge is 0.163 e. The molecule has 0 N–H and O–H groups in total. The topological polar surface area (TPSA) is 17.1 Å².